The van der Waals surface area contributed by atoms with Gasteiger partial charge in [-0.25, -0.2) is 9.78 Å². The van der Waals surface area contributed by atoms with E-state index in [1.807, 2.05) is 4.90 Å². The van der Waals surface area contributed by atoms with Gasteiger partial charge in [0, 0.05) is 32.2 Å². The van der Waals surface area contributed by atoms with E-state index in [9.17, 15) is 4.79 Å². The van der Waals surface area contributed by atoms with Crippen LogP contribution in [-0.2, 0) is 25.7 Å². The van der Waals surface area contributed by atoms with Gasteiger partial charge in [0.15, 0.2) is 0 Å². The number of hydrogen-bond acceptors (Lipinski definition) is 5. The van der Waals surface area contributed by atoms with Gasteiger partial charge in [0.05, 0.1) is 11.4 Å². The van der Waals surface area contributed by atoms with Crippen molar-refractivity contribution in [3.8, 4) is 0 Å². The minimum absolute atomic E-state index is 0.348. The number of hydrogen-bond donors (Lipinski definition) is 2. The Labute approximate surface area is 210 Å². The number of anilines is 3. The first-order valence-electron chi connectivity index (χ1n) is 13.4. The van der Waals surface area contributed by atoms with E-state index in [-0.39, 0.29) is 6.03 Å². The number of carbonyl (C=O) groups is 1. The Kier molecular flexibility index (Phi) is 8.14. The fourth-order valence-electron chi connectivity index (χ4n) is 5.79. The van der Waals surface area contributed by atoms with Crippen LogP contribution >= 0.6 is 0 Å². The van der Waals surface area contributed by atoms with Crippen molar-refractivity contribution in [2.24, 2.45) is 11.7 Å². The van der Waals surface area contributed by atoms with E-state index in [2.05, 4.69) is 56.4 Å². The summed E-state index contributed by atoms with van der Waals surface area (Å²) in [7, 11) is 4.13. The third kappa shape index (κ3) is 5.71. The van der Waals surface area contributed by atoms with Crippen LogP contribution in [0.5, 0.6) is 0 Å². The molecule has 0 atom stereocenters. The molecule has 7 nitrogen and oxygen atoms in total. The lowest BCUT2D eigenvalue weighted by Crippen LogP contribution is -2.42. The van der Waals surface area contributed by atoms with Crippen LogP contribution in [0.3, 0.4) is 0 Å². The molecule has 0 aliphatic heterocycles. The summed E-state index contributed by atoms with van der Waals surface area (Å²) in [5, 5.41) is 3.64. The number of benzene rings is 1. The first-order valence-corrected chi connectivity index (χ1v) is 13.4. The van der Waals surface area contributed by atoms with E-state index in [1.165, 1.54) is 35.2 Å². The summed E-state index contributed by atoms with van der Waals surface area (Å²) >= 11 is 0. The molecule has 35 heavy (non-hydrogen) atoms. The molecule has 0 saturated heterocycles. The van der Waals surface area contributed by atoms with Crippen molar-refractivity contribution in [2.75, 3.05) is 35.8 Å². The minimum Gasteiger partial charge on any atom is -0.362 e. The molecule has 0 bridgehead atoms. The summed E-state index contributed by atoms with van der Waals surface area (Å²) in [5.41, 5.74) is 11.9. The van der Waals surface area contributed by atoms with E-state index in [0.29, 0.717) is 18.5 Å². The molecular weight excluding hydrogens is 436 g/mol. The molecule has 3 N–H and O–H groups in total. The minimum atomic E-state index is -0.348. The Bertz CT molecular complexity index is 1010. The number of fused-ring (bicyclic) bond motifs is 1. The molecular formula is C28H42N6O. The van der Waals surface area contributed by atoms with Crippen LogP contribution in [0.1, 0.15) is 74.8 Å². The lowest BCUT2D eigenvalue weighted by atomic mass is 9.85. The number of urea groups is 1. The summed E-state index contributed by atoms with van der Waals surface area (Å²) in [6.07, 6.45) is 10.5. The van der Waals surface area contributed by atoms with Gasteiger partial charge in [-0.3, -0.25) is 4.90 Å². The number of nitrogens with one attached hydrogen (secondary N) is 1. The molecule has 1 heterocycles. The lowest BCUT2D eigenvalue weighted by Gasteiger charge is -2.34. The Balaban J connectivity index is 1.42. The predicted octanol–water partition coefficient (Wildman–Crippen LogP) is 5.10. The van der Waals surface area contributed by atoms with E-state index in [1.54, 1.807) is 0 Å². The SMILES string of the molecule is CCc1cccc(CC)c1N(C[C@H]1CC[C@@H](Nc2nc3c(c(N(C)C)n2)CCCC3)CC1)C(N)=O. The maximum absolute atomic E-state index is 12.5. The maximum atomic E-state index is 12.5. The molecule has 1 aromatic heterocycles. The highest BCUT2D eigenvalue weighted by Gasteiger charge is 2.28. The van der Waals surface area contributed by atoms with Crippen LogP contribution in [0.4, 0.5) is 22.2 Å². The number of rotatable bonds is 8. The Morgan fingerprint density at radius 3 is 2.29 bits per heavy atom. The Hall–Kier alpha value is -2.83. The van der Waals surface area contributed by atoms with Crippen molar-refractivity contribution in [3.63, 3.8) is 0 Å². The number of amides is 2. The normalized spacial score (nSPS) is 19.7. The van der Waals surface area contributed by atoms with Crippen LogP contribution in [0.25, 0.3) is 0 Å². The lowest BCUT2D eigenvalue weighted by molar-refractivity contribution is 0.250. The van der Waals surface area contributed by atoms with E-state index in [0.717, 1.165) is 68.8 Å². The van der Waals surface area contributed by atoms with Gasteiger partial charge in [-0.15, -0.1) is 0 Å². The van der Waals surface area contributed by atoms with Gasteiger partial charge >= 0.3 is 6.03 Å². The van der Waals surface area contributed by atoms with Crippen LogP contribution in [-0.4, -0.2) is 42.7 Å². The molecule has 1 saturated carbocycles. The van der Waals surface area contributed by atoms with Gasteiger partial charge in [-0.1, -0.05) is 32.0 Å². The number of primary amides is 1. The summed E-state index contributed by atoms with van der Waals surface area (Å²) in [6, 6.07) is 6.33. The topological polar surface area (TPSA) is 87.4 Å². The second-order valence-corrected chi connectivity index (χ2v) is 10.3. The average Bonchev–Trinajstić information content (AvgIpc) is 2.87. The fraction of sp³-hybridized carbons (Fsp3) is 0.607. The summed E-state index contributed by atoms with van der Waals surface area (Å²) in [4.78, 5) is 26.3. The summed E-state index contributed by atoms with van der Waals surface area (Å²) in [6.45, 7) is 4.96. The molecule has 4 rings (SSSR count). The molecule has 2 aliphatic rings. The number of nitrogens with two attached hydrogens (primary N) is 1. The fourth-order valence-corrected chi connectivity index (χ4v) is 5.79. The highest BCUT2D eigenvalue weighted by molar-refractivity contribution is 5.92. The van der Waals surface area contributed by atoms with Gasteiger partial charge in [0.1, 0.15) is 5.82 Å². The molecule has 0 spiro atoms. The third-order valence-corrected chi connectivity index (χ3v) is 7.71. The number of nitrogens with zero attached hydrogens (tertiary/aromatic N) is 4. The average molecular weight is 479 g/mol. The quantitative estimate of drug-likeness (QED) is 0.551. The van der Waals surface area contributed by atoms with Gasteiger partial charge in [-0.2, -0.15) is 4.98 Å². The number of para-hydroxylation sites is 1. The van der Waals surface area contributed by atoms with Crippen molar-refractivity contribution in [3.05, 3.63) is 40.6 Å². The Morgan fingerprint density at radius 2 is 1.69 bits per heavy atom. The van der Waals surface area contributed by atoms with E-state index in [4.69, 9.17) is 15.7 Å². The van der Waals surface area contributed by atoms with Crippen LogP contribution in [0.15, 0.2) is 18.2 Å². The van der Waals surface area contributed by atoms with Crippen molar-refractivity contribution in [1.29, 1.82) is 0 Å². The van der Waals surface area contributed by atoms with Crippen molar-refractivity contribution in [2.45, 2.75) is 84.1 Å². The largest absolute Gasteiger partial charge is 0.362 e. The molecule has 2 aromatic rings. The number of carbonyl (C=O) groups excluding carboxylic acids is 1. The molecule has 2 amide bonds. The standard InChI is InChI=1S/C28H42N6O/c1-5-20-10-9-11-21(6-2)25(20)34(27(29)35)18-19-14-16-22(17-15-19)30-28-31-24-13-8-7-12-23(24)26(32-28)33(3)4/h9-11,19,22H,5-8,12-18H2,1-4H3,(H2,29,35)(H,30,31,32)/t19-,22+. The first kappa shape index (κ1) is 25.3. The van der Waals surface area contributed by atoms with Crippen LogP contribution < -0.4 is 20.9 Å². The van der Waals surface area contributed by atoms with Gasteiger partial charge in [-0.05, 0) is 81.3 Å². The molecule has 0 unspecified atom stereocenters. The molecule has 2 aliphatic carbocycles. The smallest absolute Gasteiger partial charge is 0.319 e. The Morgan fingerprint density at radius 1 is 1.03 bits per heavy atom. The second kappa shape index (κ2) is 11.3. The van der Waals surface area contributed by atoms with Crippen molar-refractivity contribution < 1.29 is 4.79 Å². The third-order valence-electron chi connectivity index (χ3n) is 7.71. The zero-order valence-electron chi connectivity index (χ0n) is 21.9. The zero-order valence-corrected chi connectivity index (χ0v) is 21.9. The van der Waals surface area contributed by atoms with E-state index < -0.39 is 0 Å². The number of aryl methyl sites for hydroxylation is 3. The molecule has 0 radical (unpaired) electrons. The van der Waals surface area contributed by atoms with Gasteiger partial charge in [0.2, 0.25) is 5.95 Å². The molecule has 190 valence electrons. The molecule has 1 aromatic carbocycles. The first-order chi connectivity index (χ1) is 16.9. The molecule has 1 fully saturated rings. The molecule has 7 heteroatoms. The number of aromatic nitrogens is 2. The van der Waals surface area contributed by atoms with Crippen LogP contribution in [0.2, 0.25) is 0 Å². The summed E-state index contributed by atoms with van der Waals surface area (Å²) < 4.78 is 0. The second-order valence-electron chi connectivity index (χ2n) is 10.3. The predicted molar refractivity (Wildman–Crippen MR) is 144 cm³/mol. The van der Waals surface area contributed by atoms with Crippen molar-refractivity contribution >= 4 is 23.5 Å². The van der Waals surface area contributed by atoms with E-state index >= 15 is 0 Å². The summed E-state index contributed by atoms with van der Waals surface area (Å²) in [5.74, 6) is 2.27. The monoisotopic (exact) mass is 478 g/mol. The maximum Gasteiger partial charge on any atom is 0.319 e. The van der Waals surface area contributed by atoms with Crippen molar-refractivity contribution in [1.82, 2.24) is 9.97 Å². The highest BCUT2D eigenvalue weighted by Crippen LogP contribution is 2.33. The van der Waals surface area contributed by atoms with Gasteiger partial charge < -0.3 is 16.0 Å². The zero-order chi connectivity index (χ0) is 24.9. The highest BCUT2D eigenvalue weighted by atomic mass is 16.2. The van der Waals surface area contributed by atoms with Gasteiger partial charge in [0.25, 0.3) is 0 Å². The van der Waals surface area contributed by atoms with Crippen LogP contribution in [0, 0.1) is 5.92 Å².